The number of benzene rings is 1. The summed E-state index contributed by atoms with van der Waals surface area (Å²) in [6.07, 6.45) is -22.0. The van der Waals surface area contributed by atoms with E-state index in [0.717, 1.165) is 0 Å². The second-order valence-corrected chi connectivity index (χ2v) is 9.66. The van der Waals surface area contributed by atoms with Crippen LogP contribution in [-0.2, 0) is 24.7 Å². The zero-order valence-electron chi connectivity index (χ0n) is 21.9. The second kappa shape index (κ2) is 10.2. The number of hydrogen-bond donors (Lipinski definition) is 0. The molecule has 0 aliphatic heterocycles. The summed E-state index contributed by atoms with van der Waals surface area (Å²) in [6, 6.07) is 2.92. The molecule has 2 heterocycles. The van der Waals surface area contributed by atoms with Crippen LogP contribution in [0.2, 0.25) is 0 Å². The van der Waals surface area contributed by atoms with Gasteiger partial charge in [0.2, 0.25) is 0 Å². The van der Waals surface area contributed by atoms with Gasteiger partial charge in [0.1, 0.15) is 40.7 Å². The molecule has 2 aromatic heterocycles. The maximum Gasteiger partial charge on any atom is 0.433 e. The van der Waals surface area contributed by atoms with Gasteiger partial charge in [0.05, 0.1) is 11.1 Å². The molecule has 0 N–H and O–H groups in total. The zero-order valence-corrected chi connectivity index (χ0v) is 21.9. The van der Waals surface area contributed by atoms with E-state index in [9.17, 15) is 72.8 Å². The number of halogens is 13. The Morgan fingerprint density at radius 1 is 0.511 bits per heavy atom. The lowest BCUT2D eigenvalue weighted by Crippen LogP contribution is -2.16. The Bertz CT molecular complexity index is 2100. The lowest BCUT2D eigenvalue weighted by molar-refractivity contribution is -0.151. The molecule has 6 nitrogen and oxygen atoms in total. The Hall–Kier alpha value is -5.59. The molecule has 0 saturated heterocycles. The maximum atomic E-state index is 16.1. The fraction of sp³-hybridized carbons (Fsp3) is 0.143. The lowest BCUT2D eigenvalue weighted by atomic mass is 10.0. The van der Waals surface area contributed by atoms with Crippen LogP contribution in [0.15, 0.2) is 39.9 Å². The van der Waals surface area contributed by atoms with E-state index in [2.05, 4.69) is 9.97 Å². The van der Waals surface area contributed by atoms with Crippen molar-refractivity contribution < 1.29 is 57.1 Å². The van der Waals surface area contributed by atoms with Crippen molar-refractivity contribution in [2.75, 3.05) is 0 Å². The molecule has 0 aliphatic rings. The molecule has 0 fully saturated rings. The number of rotatable bonds is 2. The smallest absolute Gasteiger partial charge is 0.289 e. The summed E-state index contributed by atoms with van der Waals surface area (Å²) in [7, 11) is 0. The van der Waals surface area contributed by atoms with Crippen molar-refractivity contribution in [3.63, 3.8) is 0 Å². The van der Waals surface area contributed by atoms with E-state index in [4.69, 9.17) is 0 Å². The number of nitriles is 2. The Kier molecular flexibility index (Phi) is 7.12. The van der Waals surface area contributed by atoms with Gasteiger partial charge >= 0.3 is 24.7 Å². The highest BCUT2D eigenvalue weighted by Crippen LogP contribution is 2.42. The molecule has 240 valence electrons. The first kappa shape index (κ1) is 32.8. The van der Waals surface area contributed by atoms with E-state index in [1.165, 1.54) is 12.1 Å². The molecule has 3 aromatic carbocycles. The van der Waals surface area contributed by atoms with Crippen LogP contribution in [0.3, 0.4) is 0 Å². The fourth-order valence-electron chi connectivity index (χ4n) is 4.95. The zero-order chi connectivity index (χ0) is 35.2. The lowest BCUT2D eigenvalue weighted by Gasteiger charge is -2.12. The number of alkyl halides is 12. The average Bonchev–Trinajstić information content (AvgIpc) is 3.41. The van der Waals surface area contributed by atoms with Crippen molar-refractivity contribution in [3.8, 4) is 34.4 Å². The molecule has 5 rings (SSSR count). The molecule has 0 aliphatic carbocycles. The average molecular weight is 676 g/mol. The van der Waals surface area contributed by atoms with E-state index in [-0.39, 0.29) is 24.3 Å². The molecule has 0 unspecified atom stereocenters. The van der Waals surface area contributed by atoms with E-state index in [1.54, 1.807) is 0 Å². The summed E-state index contributed by atoms with van der Waals surface area (Å²) >= 11 is 0. The third kappa shape index (κ3) is 5.27. The predicted octanol–water partition coefficient (Wildman–Crippen LogP) is 7.67. The van der Waals surface area contributed by atoms with Gasteiger partial charge in [-0.3, -0.25) is 9.59 Å². The van der Waals surface area contributed by atoms with Crippen molar-refractivity contribution in [1.82, 2.24) is 9.97 Å². The third-order valence-electron chi connectivity index (χ3n) is 6.82. The van der Waals surface area contributed by atoms with Crippen LogP contribution in [-0.4, -0.2) is 9.97 Å². The van der Waals surface area contributed by atoms with Crippen LogP contribution in [0.5, 0.6) is 0 Å². The van der Waals surface area contributed by atoms with Crippen molar-refractivity contribution in [2.24, 2.45) is 0 Å². The fourth-order valence-corrected chi connectivity index (χ4v) is 4.95. The summed E-state index contributed by atoms with van der Waals surface area (Å²) in [5.41, 5.74) is -18.8. The van der Waals surface area contributed by atoms with Crippen LogP contribution in [0.4, 0.5) is 57.1 Å². The topological polar surface area (TPSA) is 108 Å². The molecule has 19 heteroatoms. The van der Waals surface area contributed by atoms with Gasteiger partial charge in [-0.2, -0.15) is 63.2 Å². The maximum absolute atomic E-state index is 16.1. The van der Waals surface area contributed by atoms with Crippen LogP contribution in [0, 0.1) is 28.5 Å². The first-order chi connectivity index (χ1) is 21.5. The Balaban J connectivity index is 1.91. The summed E-state index contributed by atoms with van der Waals surface area (Å²) in [5.74, 6) is -1.81. The Labute approximate surface area is 249 Å². The van der Waals surface area contributed by atoms with Crippen molar-refractivity contribution >= 4 is 21.5 Å². The minimum absolute atomic E-state index is 0.0267. The number of nitrogens with zero attached hydrogens (tertiary/aromatic N) is 4. The molecule has 0 amide bonds. The largest absolute Gasteiger partial charge is 0.433 e. The first-order valence-electron chi connectivity index (χ1n) is 12.1. The van der Waals surface area contributed by atoms with Gasteiger partial charge < -0.3 is 0 Å². The first-order valence-corrected chi connectivity index (χ1v) is 12.1. The molecule has 0 spiro atoms. The van der Waals surface area contributed by atoms with E-state index < -0.39 is 119 Å². The third-order valence-corrected chi connectivity index (χ3v) is 6.82. The van der Waals surface area contributed by atoms with Crippen LogP contribution in [0.1, 0.15) is 33.9 Å². The molecule has 0 radical (unpaired) electrons. The second-order valence-electron chi connectivity index (χ2n) is 9.66. The van der Waals surface area contributed by atoms with Gasteiger partial charge in [0.25, 0.3) is 0 Å². The molecule has 0 saturated carbocycles. The molecule has 5 aromatic rings. The molecule has 47 heavy (non-hydrogen) atoms. The van der Waals surface area contributed by atoms with E-state index >= 15 is 4.39 Å². The Morgan fingerprint density at radius 2 is 0.787 bits per heavy atom. The van der Waals surface area contributed by atoms with E-state index in [1.807, 2.05) is 0 Å². The predicted molar refractivity (Wildman–Crippen MR) is 132 cm³/mol. The summed E-state index contributed by atoms with van der Waals surface area (Å²) in [5, 5.41) is 15.3. The number of aromatic nitrogens is 2. The van der Waals surface area contributed by atoms with E-state index in [0.29, 0.717) is 6.07 Å². The number of hydrogen-bond acceptors (Lipinski definition) is 6. The highest BCUT2D eigenvalue weighted by Gasteiger charge is 2.41. The normalized spacial score (nSPS) is 12.9. The summed E-state index contributed by atoms with van der Waals surface area (Å²) in [6.45, 7) is 0. The minimum Gasteiger partial charge on any atom is -0.289 e. The molecule has 0 atom stereocenters. The standard InChI is InChI=1S/C28H5F13N4O2/c29-22-20-10(23(46)18(12(20)6-42)8-1-14(25(30,31)32)44-15(2-8)26(33,34)35)5-11-21(22)13(7-43)19(24(11)47)9-3-16(27(36,37)38)45-17(4-9)28(39,40)41/h1-5H. The van der Waals surface area contributed by atoms with Crippen molar-refractivity contribution in [3.05, 3.63) is 90.5 Å². The van der Waals surface area contributed by atoms with Crippen LogP contribution in [0.25, 0.3) is 43.8 Å². The summed E-state index contributed by atoms with van der Waals surface area (Å²) < 4.78 is 177. The number of fused-ring (bicyclic) bond motifs is 2. The van der Waals surface area contributed by atoms with Crippen molar-refractivity contribution in [2.45, 2.75) is 24.7 Å². The highest BCUT2D eigenvalue weighted by atomic mass is 19.4. The van der Waals surface area contributed by atoms with Gasteiger partial charge in [-0.1, -0.05) is 0 Å². The highest BCUT2D eigenvalue weighted by molar-refractivity contribution is 6.10. The molecular formula is C28H5F13N4O2. The Morgan fingerprint density at radius 3 is 1.02 bits per heavy atom. The quantitative estimate of drug-likeness (QED) is 0.178. The van der Waals surface area contributed by atoms with Crippen molar-refractivity contribution in [1.29, 1.82) is 10.5 Å². The molecule has 0 bridgehead atoms. The molecular weight excluding hydrogens is 671 g/mol. The van der Waals surface area contributed by atoms with Gasteiger partial charge in [-0.05, 0) is 41.5 Å². The SMILES string of the molecule is N#Cc1c(-c2cc(C(F)(F)F)nc(C(F)(F)F)c2)c(=O)c2cc3c(=O)c(-c4cc(C(F)(F)F)nc(C(F)(F)F)c4)c(C#N)c3c(F)c12. The van der Waals surface area contributed by atoms with Gasteiger partial charge in [0.15, 0.2) is 10.9 Å². The summed E-state index contributed by atoms with van der Waals surface area (Å²) in [4.78, 5) is 31.7. The van der Waals surface area contributed by atoms with Gasteiger partial charge in [0, 0.05) is 32.7 Å². The van der Waals surface area contributed by atoms with Gasteiger partial charge in [-0.15, -0.1) is 0 Å². The van der Waals surface area contributed by atoms with Crippen LogP contribution >= 0.6 is 0 Å². The minimum atomic E-state index is -5.51. The monoisotopic (exact) mass is 676 g/mol. The number of pyridine rings is 2. The van der Waals surface area contributed by atoms with Crippen LogP contribution < -0.4 is 10.9 Å². The van der Waals surface area contributed by atoms with Gasteiger partial charge in [-0.25, -0.2) is 14.4 Å².